The lowest BCUT2D eigenvalue weighted by Crippen LogP contribution is -2.52. The van der Waals surface area contributed by atoms with E-state index in [1.807, 2.05) is 38.1 Å². The molecule has 0 aliphatic rings. The number of halogens is 1. The molecule has 13 heteroatoms. The van der Waals surface area contributed by atoms with Gasteiger partial charge < -0.3 is 24.8 Å². The van der Waals surface area contributed by atoms with E-state index in [4.69, 9.17) is 14.2 Å². The number of hydrogen-bond acceptors (Lipinski definition) is 9. The number of hydrazine groups is 1. The first-order valence-corrected chi connectivity index (χ1v) is 16.4. The molecule has 0 radical (unpaired) electrons. The van der Waals surface area contributed by atoms with Crippen LogP contribution >= 0.6 is 15.9 Å². The molecule has 1 aromatic rings. The van der Waals surface area contributed by atoms with Crippen LogP contribution in [-0.4, -0.2) is 71.7 Å². The van der Waals surface area contributed by atoms with Crippen LogP contribution in [0.25, 0.3) is 0 Å². The number of nitrogens with one attached hydrogen (secondary N) is 3. The Bertz CT molecular complexity index is 1160. The predicted octanol–water partition coefficient (Wildman–Crippen LogP) is 5.17. The number of likely N-dealkylation sites (N-methyl/N-ethyl adjacent to an activating group) is 1. The first-order valence-electron chi connectivity index (χ1n) is 15.7. The second-order valence-electron chi connectivity index (χ2n) is 13.7. The van der Waals surface area contributed by atoms with Crippen LogP contribution in [0.5, 0.6) is 0 Å². The van der Waals surface area contributed by atoms with E-state index in [9.17, 15) is 24.0 Å². The minimum absolute atomic E-state index is 0.0777. The maximum Gasteiger partial charge on any atom is 0.408 e. The number of ether oxygens (including phenoxy) is 3. The van der Waals surface area contributed by atoms with Gasteiger partial charge in [0, 0.05) is 36.0 Å². The zero-order chi connectivity index (χ0) is 35.1. The number of benzene rings is 1. The SMILES string of the molecule is CC(C)C[C@H](NC(=O)OC(C)(C)C)C(=O)N[C@@H](CCCCC(=O)OC(C)(C)C)CC(=O)NN(C)CC(=O)OCc1ccccc1Br. The van der Waals surface area contributed by atoms with E-state index in [1.54, 1.807) is 41.5 Å². The van der Waals surface area contributed by atoms with Crippen LogP contribution in [-0.2, 0) is 40.0 Å². The summed E-state index contributed by atoms with van der Waals surface area (Å²) in [6.45, 7) is 14.3. The molecule has 0 aliphatic heterocycles. The third-order valence-electron chi connectivity index (χ3n) is 6.12. The molecule has 3 N–H and O–H groups in total. The number of unbranched alkanes of at least 4 members (excludes halogenated alkanes) is 1. The number of rotatable bonds is 17. The Morgan fingerprint density at radius 1 is 0.891 bits per heavy atom. The molecule has 46 heavy (non-hydrogen) atoms. The van der Waals surface area contributed by atoms with Crippen LogP contribution in [0.2, 0.25) is 0 Å². The van der Waals surface area contributed by atoms with Gasteiger partial charge in [-0.05, 0) is 72.8 Å². The Morgan fingerprint density at radius 2 is 1.52 bits per heavy atom. The van der Waals surface area contributed by atoms with Gasteiger partial charge in [-0.3, -0.25) is 24.6 Å². The van der Waals surface area contributed by atoms with Gasteiger partial charge in [-0.15, -0.1) is 0 Å². The summed E-state index contributed by atoms with van der Waals surface area (Å²) in [6, 6.07) is 5.88. The molecule has 0 saturated heterocycles. The normalized spacial score (nSPS) is 13.0. The van der Waals surface area contributed by atoms with Crippen molar-refractivity contribution >= 4 is 45.8 Å². The third kappa shape index (κ3) is 19.4. The lowest BCUT2D eigenvalue weighted by Gasteiger charge is -2.26. The van der Waals surface area contributed by atoms with Crippen LogP contribution in [0.1, 0.15) is 99.5 Å². The van der Waals surface area contributed by atoms with Crippen LogP contribution in [0.4, 0.5) is 4.79 Å². The van der Waals surface area contributed by atoms with E-state index in [0.29, 0.717) is 25.7 Å². The highest BCUT2D eigenvalue weighted by molar-refractivity contribution is 9.10. The summed E-state index contributed by atoms with van der Waals surface area (Å²) in [5.74, 6) is -1.65. The van der Waals surface area contributed by atoms with E-state index >= 15 is 0 Å². The number of amides is 3. The molecule has 0 spiro atoms. The number of hydrogen-bond donors (Lipinski definition) is 3. The fourth-order valence-corrected chi connectivity index (χ4v) is 4.67. The summed E-state index contributed by atoms with van der Waals surface area (Å²) in [4.78, 5) is 63.4. The predicted molar refractivity (Wildman–Crippen MR) is 178 cm³/mol. The summed E-state index contributed by atoms with van der Waals surface area (Å²) >= 11 is 3.42. The van der Waals surface area contributed by atoms with Crippen molar-refractivity contribution in [1.82, 2.24) is 21.1 Å². The van der Waals surface area contributed by atoms with Crippen molar-refractivity contribution in [2.24, 2.45) is 5.92 Å². The smallest absolute Gasteiger partial charge is 0.408 e. The molecule has 3 amide bonds. The summed E-state index contributed by atoms with van der Waals surface area (Å²) < 4.78 is 16.9. The topological polar surface area (TPSA) is 152 Å². The van der Waals surface area contributed by atoms with Gasteiger partial charge >= 0.3 is 18.0 Å². The van der Waals surface area contributed by atoms with E-state index in [0.717, 1.165) is 10.0 Å². The van der Waals surface area contributed by atoms with E-state index in [-0.39, 0.29) is 37.9 Å². The highest BCUT2D eigenvalue weighted by Gasteiger charge is 2.28. The minimum atomic E-state index is -0.885. The van der Waals surface area contributed by atoms with Gasteiger partial charge in [-0.25, -0.2) is 9.80 Å². The Morgan fingerprint density at radius 3 is 2.11 bits per heavy atom. The number of nitrogens with zero attached hydrogens (tertiary/aromatic N) is 1. The van der Waals surface area contributed by atoms with E-state index < -0.39 is 47.2 Å². The van der Waals surface area contributed by atoms with Gasteiger partial charge in [0.25, 0.3) is 0 Å². The summed E-state index contributed by atoms with van der Waals surface area (Å²) in [5.41, 5.74) is 2.13. The first kappa shape index (κ1) is 40.8. The van der Waals surface area contributed by atoms with Crippen LogP contribution in [0.3, 0.4) is 0 Å². The van der Waals surface area contributed by atoms with Crippen molar-refractivity contribution in [3.63, 3.8) is 0 Å². The number of carbonyl (C=O) groups excluding carboxylic acids is 5. The summed E-state index contributed by atoms with van der Waals surface area (Å²) in [7, 11) is 1.54. The van der Waals surface area contributed by atoms with Crippen LogP contribution < -0.4 is 16.1 Å². The van der Waals surface area contributed by atoms with Gasteiger partial charge in [0.05, 0.1) is 0 Å². The van der Waals surface area contributed by atoms with Gasteiger partial charge in [-0.1, -0.05) is 54.4 Å². The standard InChI is InChI=1S/C33H53BrN4O8/c1-22(2)18-26(36-31(43)46-33(6,7)8)30(42)35-24(15-11-13-17-28(40)45-32(3,4)5)19-27(39)37-38(9)20-29(41)44-21-23-14-10-12-16-25(23)34/h10,12,14,16,22,24,26H,11,13,15,17-21H2,1-9H3,(H,35,42)(H,36,43)(H,37,39)/t24-,26-/m0/s1. The lowest BCUT2D eigenvalue weighted by atomic mass is 10.0. The molecule has 2 atom stereocenters. The molecule has 0 saturated carbocycles. The molecule has 0 aromatic heterocycles. The zero-order valence-electron chi connectivity index (χ0n) is 28.8. The average Bonchev–Trinajstić information content (AvgIpc) is 2.87. The maximum atomic E-state index is 13.4. The molecule has 0 fully saturated rings. The quantitative estimate of drug-likeness (QED) is 0.0860. The molecule has 0 heterocycles. The minimum Gasteiger partial charge on any atom is -0.460 e. The lowest BCUT2D eigenvalue weighted by molar-refractivity contribution is -0.155. The molecule has 260 valence electrons. The Labute approximate surface area is 282 Å². The average molecular weight is 714 g/mol. The van der Waals surface area contributed by atoms with Crippen LogP contribution in [0, 0.1) is 5.92 Å². The fraction of sp³-hybridized carbons (Fsp3) is 0.667. The summed E-state index contributed by atoms with van der Waals surface area (Å²) in [5, 5.41) is 6.87. The number of alkyl carbamates (subject to hydrolysis) is 1. The van der Waals surface area contributed by atoms with Gasteiger partial charge in [-0.2, -0.15) is 0 Å². The summed E-state index contributed by atoms with van der Waals surface area (Å²) in [6.07, 6.45) is 1.15. The highest BCUT2D eigenvalue weighted by Crippen LogP contribution is 2.17. The molecule has 1 rings (SSSR count). The van der Waals surface area contributed by atoms with Crippen molar-refractivity contribution in [3.05, 3.63) is 34.3 Å². The number of esters is 2. The van der Waals surface area contributed by atoms with Crippen LogP contribution in [0.15, 0.2) is 28.7 Å². The molecule has 0 unspecified atom stereocenters. The Kier molecular flexibility index (Phi) is 17.3. The first-order chi connectivity index (χ1) is 21.2. The zero-order valence-corrected chi connectivity index (χ0v) is 30.4. The maximum absolute atomic E-state index is 13.4. The third-order valence-corrected chi connectivity index (χ3v) is 6.90. The second kappa shape index (κ2) is 19.5. The highest BCUT2D eigenvalue weighted by atomic mass is 79.9. The van der Waals surface area contributed by atoms with E-state index in [2.05, 4.69) is 32.0 Å². The van der Waals surface area contributed by atoms with Crippen molar-refractivity contribution in [2.75, 3.05) is 13.6 Å². The largest absolute Gasteiger partial charge is 0.460 e. The van der Waals surface area contributed by atoms with Crippen molar-refractivity contribution in [3.8, 4) is 0 Å². The molecule has 0 bridgehead atoms. The van der Waals surface area contributed by atoms with Gasteiger partial charge in [0.15, 0.2) is 0 Å². The molecule has 0 aliphatic carbocycles. The van der Waals surface area contributed by atoms with Crippen molar-refractivity contribution < 1.29 is 38.2 Å². The number of carbonyl (C=O) groups is 5. The molecule has 12 nitrogen and oxygen atoms in total. The molecule has 1 aromatic carbocycles. The van der Waals surface area contributed by atoms with Crippen molar-refractivity contribution in [1.29, 1.82) is 0 Å². The Hall–Kier alpha value is -3.19. The second-order valence-corrected chi connectivity index (χ2v) is 14.6. The molecular formula is C33H53BrN4O8. The van der Waals surface area contributed by atoms with Gasteiger partial charge in [0.2, 0.25) is 11.8 Å². The van der Waals surface area contributed by atoms with Crippen molar-refractivity contribution in [2.45, 2.75) is 124 Å². The Balaban J connectivity index is 2.86. The fourth-order valence-electron chi connectivity index (χ4n) is 4.27. The van der Waals surface area contributed by atoms with Gasteiger partial charge in [0.1, 0.15) is 30.4 Å². The molecular weight excluding hydrogens is 660 g/mol. The van der Waals surface area contributed by atoms with E-state index in [1.165, 1.54) is 12.1 Å². The monoisotopic (exact) mass is 712 g/mol.